The average Bonchev–Trinajstić information content (AvgIpc) is 3.13. The summed E-state index contributed by atoms with van der Waals surface area (Å²) in [6, 6.07) is 17.9. The lowest BCUT2D eigenvalue weighted by atomic mass is 10.0. The summed E-state index contributed by atoms with van der Waals surface area (Å²) >= 11 is 5.88. The van der Waals surface area contributed by atoms with Crippen LogP contribution < -0.4 is 5.73 Å². The first kappa shape index (κ1) is 14.2. The first-order chi connectivity index (χ1) is 11.2. The van der Waals surface area contributed by atoms with E-state index in [1.165, 1.54) is 10.8 Å². The van der Waals surface area contributed by atoms with Gasteiger partial charge in [0.1, 0.15) is 11.8 Å². The van der Waals surface area contributed by atoms with Crippen molar-refractivity contribution in [1.29, 1.82) is 0 Å². The van der Waals surface area contributed by atoms with E-state index in [0.717, 1.165) is 5.56 Å². The molecule has 116 valence electrons. The SMILES string of the molecule is NC1=CC(c2ccc(Cl)o2)N(Cc2cccc3ccccc23)O1. The molecule has 23 heavy (non-hydrogen) atoms. The molecule has 0 radical (unpaired) electrons. The summed E-state index contributed by atoms with van der Waals surface area (Å²) in [4.78, 5) is 5.66. The summed E-state index contributed by atoms with van der Waals surface area (Å²) < 4.78 is 5.51. The first-order valence-corrected chi connectivity index (χ1v) is 7.72. The number of hydroxylamine groups is 2. The Hall–Kier alpha value is -2.43. The predicted octanol–water partition coefficient (Wildman–Crippen LogP) is 4.37. The lowest BCUT2D eigenvalue weighted by Crippen LogP contribution is -2.23. The van der Waals surface area contributed by atoms with Gasteiger partial charge in [0.15, 0.2) is 5.22 Å². The third-order valence-electron chi connectivity index (χ3n) is 3.95. The van der Waals surface area contributed by atoms with E-state index >= 15 is 0 Å². The summed E-state index contributed by atoms with van der Waals surface area (Å²) in [6.45, 7) is 0.585. The number of benzene rings is 2. The van der Waals surface area contributed by atoms with E-state index < -0.39 is 0 Å². The van der Waals surface area contributed by atoms with Gasteiger partial charge in [-0.15, -0.1) is 5.06 Å². The van der Waals surface area contributed by atoms with Crippen LogP contribution in [0.3, 0.4) is 0 Å². The highest BCUT2D eigenvalue weighted by Crippen LogP contribution is 2.34. The molecule has 0 saturated carbocycles. The number of fused-ring (bicyclic) bond motifs is 1. The molecule has 0 fully saturated rings. The molecule has 1 aromatic heterocycles. The van der Waals surface area contributed by atoms with Gasteiger partial charge in [-0.1, -0.05) is 42.5 Å². The molecule has 5 heteroatoms. The Balaban J connectivity index is 1.67. The van der Waals surface area contributed by atoms with Crippen LogP contribution in [0.25, 0.3) is 10.8 Å². The Morgan fingerprint density at radius 1 is 1.04 bits per heavy atom. The summed E-state index contributed by atoms with van der Waals surface area (Å²) in [5.74, 6) is 1.07. The highest BCUT2D eigenvalue weighted by molar-refractivity contribution is 6.28. The van der Waals surface area contributed by atoms with Crippen LogP contribution >= 0.6 is 11.6 Å². The number of halogens is 1. The minimum absolute atomic E-state index is 0.193. The highest BCUT2D eigenvalue weighted by Gasteiger charge is 2.30. The fourth-order valence-electron chi connectivity index (χ4n) is 2.90. The predicted molar refractivity (Wildman–Crippen MR) is 89.3 cm³/mol. The van der Waals surface area contributed by atoms with Crippen molar-refractivity contribution in [3.8, 4) is 0 Å². The molecule has 0 amide bonds. The smallest absolute Gasteiger partial charge is 0.207 e. The van der Waals surface area contributed by atoms with Crippen LogP contribution in [0.5, 0.6) is 0 Å². The van der Waals surface area contributed by atoms with Crippen molar-refractivity contribution < 1.29 is 9.25 Å². The molecule has 1 atom stereocenters. The van der Waals surface area contributed by atoms with E-state index in [0.29, 0.717) is 23.4 Å². The second kappa shape index (κ2) is 5.65. The molecular weight excluding hydrogens is 312 g/mol. The minimum Gasteiger partial charge on any atom is -0.448 e. The average molecular weight is 327 g/mol. The topological polar surface area (TPSA) is 51.6 Å². The van der Waals surface area contributed by atoms with Gasteiger partial charge in [0.05, 0.1) is 6.54 Å². The van der Waals surface area contributed by atoms with Crippen LogP contribution in [0.2, 0.25) is 5.22 Å². The Morgan fingerprint density at radius 2 is 1.87 bits per heavy atom. The summed E-state index contributed by atoms with van der Waals surface area (Å²) in [5.41, 5.74) is 7.01. The number of nitrogens with zero attached hydrogens (tertiary/aromatic N) is 1. The minimum atomic E-state index is -0.193. The van der Waals surface area contributed by atoms with Gasteiger partial charge >= 0.3 is 0 Å². The van der Waals surface area contributed by atoms with Gasteiger partial charge in [0, 0.05) is 6.08 Å². The van der Waals surface area contributed by atoms with Gasteiger partial charge in [0.2, 0.25) is 5.88 Å². The van der Waals surface area contributed by atoms with Crippen LogP contribution in [0.4, 0.5) is 0 Å². The molecule has 1 aliphatic heterocycles. The standard InChI is InChI=1S/C18H15ClN2O2/c19-17-9-8-16(22-17)15-10-18(20)23-21(15)11-13-6-3-5-12-4-1-2-7-14(12)13/h1-10,15H,11,20H2. The maximum absolute atomic E-state index is 5.88. The number of furan rings is 1. The third-order valence-corrected chi connectivity index (χ3v) is 4.15. The normalized spacial score (nSPS) is 18.1. The van der Waals surface area contributed by atoms with Crippen molar-refractivity contribution in [3.05, 3.63) is 83.1 Å². The quantitative estimate of drug-likeness (QED) is 0.776. The molecule has 0 bridgehead atoms. The van der Waals surface area contributed by atoms with Crippen molar-refractivity contribution in [3.63, 3.8) is 0 Å². The zero-order valence-corrected chi connectivity index (χ0v) is 13.0. The molecule has 0 spiro atoms. The van der Waals surface area contributed by atoms with Gasteiger partial charge in [-0.2, -0.15) is 0 Å². The summed E-state index contributed by atoms with van der Waals surface area (Å²) in [5, 5.41) is 4.54. The van der Waals surface area contributed by atoms with E-state index in [-0.39, 0.29) is 6.04 Å². The molecule has 0 aliphatic carbocycles. The first-order valence-electron chi connectivity index (χ1n) is 7.34. The molecule has 2 aromatic carbocycles. The van der Waals surface area contributed by atoms with E-state index in [1.807, 2.05) is 30.3 Å². The lowest BCUT2D eigenvalue weighted by Gasteiger charge is -2.22. The molecular formula is C18H15ClN2O2. The van der Waals surface area contributed by atoms with E-state index in [4.69, 9.17) is 26.6 Å². The van der Waals surface area contributed by atoms with Crippen LogP contribution in [-0.2, 0) is 11.4 Å². The van der Waals surface area contributed by atoms with Crippen LogP contribution in [0.15, 0.2) is 71.0 Å². The fourth-order valence-corrected chi connectivity index (χ4v) is 3.05. The Kier molecular flexibility index (Phi) is 3.48. The van der Waals surface area contributed by atoms with Gasteiger partial charge < -0.3 is 15.0 Å². The number of hydrogen-bond acceptors (Lipinski definition) is 4. The third kappa shape index (κ3) is 2.67. The number of rotatable bonds is 3. The molecule has 0 saturated heterocycles. The maximum atomic E-state index is 5.88. The van der Waals surface area contributed by atoms with Gasteiger partial charge in [0.25, 0.3) is 0 Å². The summed E-state index contributed by atoms with van der Waals surface area (Å²) in [7, 11) is 0. The van der Waals surface area contributed by atoms with Gasteiger partial charge in [-0.3, -0.25) is 0 Å². The van der Waals surface area contributed by atoms with E-state index in [1.54, 1.807) is 11.1 Å². The van der Waals surface area contributed by atoms with Crippen molar-refractivity contribution in [2.24, 2.45) is 5.73 Å². The molecule has 2 N–H and O–H groups in total. The zero-order chi connectivity index (χ0) is 15.8. The van der Waals surface area contributed by atoms with Crippen molar-refractivity contribution in [1.82, 2.24) is 5.06 Å². The van der Waals surface area contributed by atoms with Gasteiger partial charge in [-0.25, -0.2) is 0 Å². The van der Waals surface area contributed by atoms with Crippen LogP contribution in [-0.4, -0.2) is 5.06 Å². The zero-order valence-electron chi connectivity index (χ0n) is 12.3. The molecule has 2 heterocycles. The molecule has 1 aliphatic rings. The Labute approximate surface area is 138 Å². The molecule has 3 aromatic rings. The largest absolute Gasteiger partial charge is 0.448 e. The highest BCUT2D eigenvalue weighted by atomic mass is 35.5. The van der Waals surface area contributed by atoms with Crippen molar-refractivity contribution in [2.75, 3.05) is 0 Å². The maximum Gasteiger partial charge on any atom is 0.207 e. The van der Waals surface area contributed by atoms with E-state index in [9.17, 15) is 0 Å². The van der Waals surface area contributed by atoms with Crippen molar-refractivity contribution >= 4 is 22.4 Å². The van der Waals surface area contributed by atoms with Gasteiger partial charge in [-0.05, 0) is 40.1 Å². The summed E-state index contributed by atoms with van der Waals surface area (Å²) in [6.07, 6.45) is 1.82. The Morgan fingerprint density at radius 3 is 2.70 bits per heavy atom. The second-order valence-corrected chi connectivity index (χ2v) is 5.83. The van der Waals surface area contributed by atoms with E-state index in [2.05, 4.69) is 24.3 Å². The lowest BCUT2D eigenvalue weighted by molar-refractivity contribution is -0.131. The van der Waals surface area contributed by atoms with Crippen LogP contribution in [0, 0.1) is 0 Å². The Bertz CT molecular complexity index is 882. The monoisotopic (exact) mass is 326 g/mol. The molecule has 4 rings (SSSR count). The van der Waals surface area contributed by atoms with Crippen molar-refractivity contribution in [2.45, 2.75) is 12.6 Å². The number of hydrogen-bond donors (Lipinski definition) is 1. The van der Waals surface area contributed by atoms with Crippen LogP contribution in [0.1, 0.15) is 17.4 Å². The second-order valence-electron chi connectivity index (χ2n) is 5.46. The fraction of sp³-hybridized carbons (Fsp3) is 0.111. The molecule has 1 unspecified atom stereocenters. The molecule has 4 nitrogen and oxygen atoms in total. The number of nitrogens with two attached hydrogens (primary N) is 1.